The average molecular weight is 330 g/mol. The molecule has 0 unspecified atom stereocenters. The molecule has 5 heteroatoms. The van der Waals surface area contributed by atoms with Crippen LogP contribution in [-0.2, 0) is 11.2 Å². The number of oxazole rings is 1. The summed E-state index contributed by atoms with van der Waals surface area (Å²) in [5.41, 5.74) is 2.18. The molecule has 0 spiro atoms. The van der Waals surface area contributed by atoms with Crippen LogP contribution in [0.25, 0.3) is 11.1 Å². The summed E-state index contributed by atoms with van der Waals surface area (Å²) >= 11 is 0. The molecule has 1 aromatic heterocycles. The molecule has 2 heterocycles. The van der Waals surface area contributed by atoms with Crippen LogP contribution in [0.4, 0.5) is 0 Å². The van der Waals surface area contributed by atoms with Gasteiger partial charge in [-0.25, -0.2) is 4.98 Å². The summed E-state index contributed by atoms with van der Waals surface area (Å²) in [4.78, 5) is 19.2. The zero-order valence-electron chi connectivity index (χ0n) is 14.6. The fourth-order valence-electron chi connectivity index (χ4n) is 3.12. The summed E-state index contributed by atoms with van der Waals surface area (Å²) in [6, 6.07) is 5.53. The second-order valence-electron chi connectivity index (χ2n) is 6.37. The molecule has 0 radical (unpaired) electrons. The van der Waals surface area contributed by atoms with Crippen LogP contribution in [-0.4, -0.2) is 41.6 Å². The lowest BCUT2D eigenvalue weighted by Crippen LogP contribution is -2.37. The lowest BCUT2D eigenvalue weighted by molar-refractivity contribution is 0.0539. The number of aryl methyl sites for hydroxylation is 1. The van der Waals surface area contributed by atoms with Gasteiger partial charge in [-0.05, 0) is 44.4 Å². The molecule has 1 fully saturated rings. The van der Waals surface area contributed by atoms with Crippen molar-refractivity contribution in [3.8, 4) is 0 Å². The number of benzene rings is 1. The molecule has 1 aromatic carbocycles. The second-order valence-corrected chi connectivity index (χ2v) is 6.37. The average Bonchev–Trinajstić information content (AvgIpc) is 3.25. The lowest BCUT2D eigenvalue weighted by atomic mass is 10.1. The van der Waals surface area contributed by atoms with Crippen LogP contribution in [0.1, 0.15) is 55.8 Å². The Morgan fingerprint density at radius 3 is 2.96 bits per heavy atom. The van der Waals surface area contributed by atoms with Crippen molar-refractivity contribution in [2.75, 3.05) is 19.7 Å². The zero-order valence-corrected chi connectivity index (χ0v) is 14.6. The number of unbranched alkanes of at least 4 members (excludes halogenated alkanes) is 1. The molecule has 0 saturated carbocycles. The maximum Gasteiger partial charge on any atom is 0.254 e. The number of ether oxygens (including phenoxy) is 1. The van der Waals surface area contributed by atoms with Crippen molar-refractivity contribution in [3.63, 3.8) is 0 Å². The monoisotopic (exact) mass is 330 g/mol. The number of aromatic nitrogens is 1. The Balaban J connectivity index is 1.75. The van der Waals surface area contributed by atoms with E-state index in [1.165, 1.54) is 0 Å². The van der Waals surface area contributed by atoms with E-state index in [1.807, 2.05) is 30.0 Å². The van der Waals surface area contributed by atoms with Crippen LogP contribution in [0.15, 0.2) is 22.6 Å². The van der Waals surface area contributed by atoms with E-state index in [-0.39, 0.29) is 12.0 Å². The minimum absolute atomic E-state index is 0.0352. The highest BCUT2D eigenvalue weighted by atomic mass is 16.5. The molecule has 24 heavy (non-hydrogen) atoms. The molecule has 1 aliphatic heterocycles. The summed E-state index contributed by atoms with van der Waals surface area (Å²) in [7, 11) is 0. The Labute approximate surface area is 143 Å². The standard InChI is InChI=1S/C19H26N2O3/c1-3-5-8-18-20-16-12-14(9-10-17(16)24-18)19(22)21(4-2)13-15-7-6-11-23-15/h9-10,12,15H,3-8,11,13H2,1-2H3/t15-/m0/s1. The SMILES string of the molecule is CCCCc1nc2cc(C(=O)N(CC)C[C@@H]3CCCO3)ccc2o1. The van der Waals surface area contributed by atoms with E-state index in [1.54, 1.807) is 0 Å². The molecule has 1 atom stereocenters. The third kappa shape index (κ3) is 3.78. The predicted molar refractivity (Wildman–Crippen MR) is 93.2 cm³/mol. The maximum absolute atomic E-state index is 12.8. The van der Waals surface area contributed by atoms with Gasteiger partial charge in [-0.2, -0.15) is 0 Å². The first kappa shape index (κ1) is 17.0. The first-order valence-corrected chi connectivity index (χ1v) is 9.01. The number of likely N-dealkylation sites (N-methyl/N-ethyl adjacent to an activating group) is 1. The molecule has 0 aliphatic carbocycles. The second kappa shape index (κ2) is 7.79. The van der Waals surface area contributed by atoms with Crippen molar-refractivity contribution in [1.82, 2.24) is 9.88 Å². The minimum atomic E-state index is 0.0352. The molecule has 1 amide bonds. The number of hydrogen-bond acceptors (Lipinski definition) is 4. The highest BCUT2D eigenvalue weighted by Gasteiger charge is 2.23. The van der Waals surface area contributed by atoms with Crippen molar-refractivity contribution in [3.05, 3.63) is 29.7 Å². The highest BCUT2D eigenvalue weighted by molar-refractivity contribution is 5.97. The van der Waals surface area contributed by atoms with E-state index < -0.39 is 0 Å². The van der Waals surface area contributed by atoms with Gasteiger partial charge in [0.15, 0.2) is 11.5 Å². The first-order valence-electron chi connectivity index (χ1n) is 9.01. The van der Waals surface area contributed by atoms with Crippen LogP contribution < -0.4 is 0 Å². The highest BCUT2D eigenvalue weighted by Crippen LogP contribution is 2.20. The Kier molecular flexibility index (Phi) is 5.51. The Morgan fingerprint density at radius 2 is 2.25 bits per heavy atom. The molecule has 5 nitrogen and oxygen atoms in total. The maximum atomic E-state index is 12.8. The van der Waals surface area contributed by atoms with Crippen molar-refractivity contribution >= 4 is 17.0 Å². The van der Waals surface area contributed by atoms with E-state index in [0.29, 0.717) is 18.7 Å². The van der Waals surface area contributed by atoms with E-state index in [0.717, 1.165) is 55.7 Å². The predicted octanol–water partition coefficient (Wildman–Crippen LogP) is 3.81. The summed E-state index contributed by atoms with van der Waals surface area (Å²) in [5, 5.41) is 0. The molecule has 1 aliphatic rings. The van der Waals surface area contributed by atoms with Gasteiger partial charge in [0, 0.05) is 31.7 Å². The summed E-state index contributed by atoms with van der Waals surface area (Å²) < 4.78 is 11.4. The van der Waals surface area contributed by atoms with Gasteiger partial charge in [-0.15, -0.1) is 0 Å². The van der Waals surface area contributed by atoms with E-state index in [4.69, 9.17) is 9.15 Å². The van der Waals surface area contributed by atoms with Crippen molar-refractivity contribution in [2.45, 2.75) is 52.1 Å². The molecule has 0 bridgehead atoms. The smallest absolute Gasteiger partial charge is 0.254 e. The molecular formula is C19H26N2O3. The van der Waals surface area contributed by atoms with Crippen LogP contribution in [0.3, 0.4) is 0 Å². The molecule has 2 aromatic rings. The summed E-state index contributed by atoms with van der Waals surface area (Å²) in [5.74, 6) is 0.788. The Bertz CT molecular complexity index is 689. The van der Waals surface area contributed by atoms with Gasteiger partial charge < -0.3 is 14.1 Å². The van der Waals surface area contributed by atoms with Gasteiger partial charge in [-0.3, -0.25) is 4.79 Å². The minimum Gasteiger partial charge on any atom is -0.441 e. The van der Waals surface area contributed by atoms with E-state index in [9.17, 15) is 4.79 Å². The van der Waals surface area contributed by atoms with E-state index in [2.05, 4.69) is 11.9 Å². The fraction of sp³-hybridized carbons (Fsp3) is 0.579. The van der Waals surface area contributed by atoms with Gasteiger partial charge in [-0.1, -0.05) is 13.3 Å². The third-order valence-corrected chi connectivity index (χ3v) is 4.54. The molecule has 1 saturated heterocycles. The molecule has 3 rings (SSSR count). The number of hydrogen-bond donors (Lipinski definition) is 0. The molecule has 0 N–H and O–H groups in total. The molecule has 130 valence electrons. The van der Waals surface area contributed by atoms with Crippen molar-refractivity contribution < 1.29 is 13.9 Å². The van der Waals surface area contributed by atoms with Crippen LogP contribution in [0.5, 0.6) is 0 Å². The van der Waals surface area contributed by atoms with Crippen LogP contribution >= 0.6 is 0 Å². The zero-order chi connectivity index (χ0) is 16.9. The van der Waals surface area contributed by atoms with Crippen LogP contribution in [0, 0.1) is 0 Å². The van der Waals surface area contributed by atoms with Gasteiger partial charge in [0.2, 0.25) is 0 Å². The number of nitrogens with zero attached hydrogens (tertiary/aromatic N) is 2. The third-order valence-electron chi connectivity index (χ3n) is 4.54. The lowest BCUT2D eigenvalue weighted by Gasteiger charge is -2.24. The topological polar surface area (TPSA) is 55.6 Å². The van der Waals surface area contributed by atoms with Gasteiger partial charge in [0.05, 0.1) is 6.10 Å². The fourth-order valence-corrected chi connectivity index (χ4v) is 3.12. The Morgan fingerprint density at radius 1 is 1.38 bits per heavy atom. The van der Waals surface area contributed by atoms with Crippen molar-refractivity contribution in [1.29, 1.82) is 0 Å². The Hall–Kier alpha value is -1.88. The van der Waals surface area contributed by atoms with Gasteiger partial charge in [0.1, 0.15) is 5.52 Å². The first-order chi connectivity index (χ1) is 11.7. The summed E-state index contributed by atoms with van der Waals surface area (Å²) in [6.45, 7) is 6.30. The quantitative estimate of drug-likeness (QED) is 0.774. The van der Waals surface area contributed by atoms with E-state index >= 15 is 0 Å². The van der Waals surface area contributed by atoms with Crippen LogP contribution in [0.2, 0.25) is 0 Å². The normalized spacial score (nSPS) is 17.5. The van der Waals surface area contributed by atoms with Gasteiger partial charge in [0.25, 0.3) is 5.91 Å². The largest absolute Gasteiger partial charge is 0.441 e. The number of rotatable bonds is 7. The molecular weight excluding hydrogens is 304 g/mol. The van der Waals surface area contributed by atoms with Gasteiger partial charge >= 0.3 is 0 Å². The number of carbonyl (C=O) groups excluding carboxylic acids is 1. The number of amides is 1. The number of fused-ring (bicyclic) bond motifs is 1. The number of carbonyl (C=O) groups is 1. The summed E-state index contributed by atoms with van der Waals surface area (Å²) in [6.07, 6.45) is 5.30. The van der Waals surface area contributed by atoms with Crippen molar-refractivity contribution in [2.24, 2.45) is 0 Å².